The summed E-state index contributed by atoms with van der Waals surface area (Å²) in [5, 5.41) is 11.4. The molecule has 0 spiro atoms. The van der Waals surface area contributed by atoms with Crippen molar-refractivity contribution in [1.82, 2.24) is 29.7 Å². The smallest absolute Gasteiger partial charge is 0.270 e. The standard InChI is InChI=1S/C20H21ClF2N6O2/c1-2-28-16(5-8-24-28)19(31)26-18(12-3-6-20(22,23)7-4-12)14-10-29-17(25-14)9-13(21)15(11-30)27-29/h5,8-12,18H,2-4,6-7H2,1H3,(H,26,31). The number of nitrogens with zero attached hydrogens (tertiary/aromatic N) is 5. The van der Waals surface area contributed by atoms with Gasteiger partial charge in [-0.2, -0.15) is 10.2 Å². The predicted molar refractivity (Wildman–Crippen MR) is 108 cm³/mol. The highest BCUT2D eigenvalue weighted by atomic mass is 35.5. The van der Waals surface area contributed by atoms with Gasteiger partial charge in [0, 0.05) is 31.6 Å². The second-order valence-electron chi connectivity index (χ2n) is 7.64. The lowest BCUT2D eigenvalue weighted by atomic mass is 9.81. The van der Waals surface area contributed by atoms with Crippen LogP contribution in [0.2, 0.25) is 5.02 Å². The Labute approximate surface area is 181 Å². The highest BCUT2D eigenvalue weighted by Crippen LogP contribution is 2.41. The molecule has 1 aliphatic carbocycles. The molecule has 0 radical (unpaired) electrons. The molecule has 1 atom stereocenters. The Hall–Kier alpha value is -2.88. The maximum Gasteiger partial charge on any atom is 0.270 e. The number of aldehydes is 1. The molecular formula is C20H21ClF2N6O2. The van der Waals surface area contributed by atoms with Crippen LogP contribution in [0.25, 0.3) is 5.65 Å². The number of hydrogen-bond acceptors (Lipinski definition) is 5. The van der Waals surface area contributed by atoms with Gasteiger partial charge < -0.3 is 5.32 Å². The molecule has 4 rings (SSSR count). The van der Waals surface area contributed by atoms with Gasteiger partial charge in [-0.25, -0.2) is 18.3 Å². The molecule has 31 heavy (non-hydrogen) atoms. The maximum absolute atomic E-state index is 13.7. The first-order valence-electron chi connectivity index (χ1n) is 10.0. The Morgan fingerprint density at radius 1 is 1.42 bits per heavy atom. The van der Waals surface area contributed by atoms with Crippen LogP contribution in [0.1, 0.15) is 65.3 Å². The van der Waals surface area contributed by atoms with Crippen molar-refractivity contribution in [2.75, 3.05) is 0 Å². The Balaban J connectivity index is 1.69. The third kappa shape index (κ3) is 4.30. The number of carbonyl (C=O) groups is 2. The van der Waals surface area contributed by atoms with Crippen molar-refractivity contribution in [3.8, 4) is 0 Å². The van der Waals surface area contributed by atoms with Crippen LogP contribution < -0.4 is 5.32 Å². The fourth-order valence-electron chi connectivity index (χ4n) is 3.98. The minimum Gasteiger partial charge on any atom is -0.342 e. The highest BCUT2D eigenvalue weighted by molar-refractivity contribution is 6.32. The van der Waals surface area contributed by atoms with E-state index in [9.17, 15) is 18.4 Å². The van der Waals surface area contributed by atoms with Gasteiger partial charge in [0.05, 0.1) is 23.0 Å². The van der Waals surface area contributed by atoms with Crippen LogP contribution in [0.5, 0.6) is 0 Å². The minimum atomic E-state index is -2.70. The molecule has 8 nitrogen and oxygen atoms in total. The number of aryl methyl sites for hydroxylation is 1. The van der Waals surface area contributed by atoms with Gasteiger partial charge >= 0.3 is 0 Å². The van der Waals surface area contributed by atoms with E-state index in [4.69, 9.17) is 11.6 Å². The number of amides is 1. The van der Waals surface area contributed by atoms with Crippen LogP contribution in [0.3, 0.4) is 0 Å². The van der Waals surface area contributed by atoms with Crippen LogP contribution in [0, 0.1) is 5.92 Å². The van der Waals surface area contributed by atoms with Crippen LogP contribution in [0.4, 0.5) is 8.78 Å². The van der Waals surface area contributed by atoms with E-state index >= 15 is 0 Å². The van der Waals surface area contributed by atoms with Gasteiger partial charge in [0.25, 0.3) is 5.91 Å². The quantitative estimate of drug-likeness (QED) is 0.578. The molecule has 11 heteroatoms. The first-order valence-corrected chi connectivity index (χ1v) is 10.4. The Kier molecular flexibility index (Phi) is 5.74. The van der Waals surface area contributed by atoms with Crippen molar-refractivity contribution in [3.05, 3.63) is 46.6 Å². The van der Waals surface area contributed by atoms with Gasteiger partial charge in [-0.1, -0.05) is 11.6 Å². The highest BCUT2D eigenvalue weighted by Gasteiger charge is 2.39. The van der Waals surface area contributed by atoms with Crippen molar-refractivity contribution in [2.45, 2.75) is 51.1 Å². The summed E-state index contributed by atoms with van der Waals surface area (Å²) in [7, 11) is 0. The molecule has 3 aromatic rings. The Morgan fingerprint density at radius 2 is 2.16 bits per heavy atom. The van der Waals surface area contributed by atoms with E-state index in [0.29, 0.717) is 29.9 Å². The third-order valence-corrected chi connectivity index (χ3v) is 5.95. The zero-order valence-corrected chi connectivity index (χ0v) is 17.5. The monoisotopic (exact) mass is 450 g/mol. The molecule has 1 unspecified atom stereocenters. The molecule has 1 fully saturated rings. The van der Waals surface area contributed by atoms with E-state index in [2.05, 4.69) is 20.5 Å². The normalized spacial score (nSPS) is 17.5. The van der Waals surface area contributed by atoms with Crippen LogP contribution in [0.15, 0.2) is 24.5 Å². The summed E-state index contributed by atoms with van der Waals surface area (Å²) in [6, 6.07) is 2.50. The lowest BCUT2D eigenvalue weighted by Crippen LogP contribution is -2.38. The fraction of sp³-hybridized carbons (Fsp3) is 0.450. The average molecular weight is 451 g/mol. The van der Waals surface area contributed by atoms with Crippen molar-refractivity contribution >= 4 is 29.4 Å². The number of fused-ring (bicyclic) bond motifs is 1. The van der Waals surface area contributed by atoms with Crippen molar-refractivity contribution in [3.63, 3.8) is 0 Å². The zero-order chi connectivity index (χ0) is 22.2. The number of rotatable bonds is 6. The molecule has 1 amide bonds. The van der Waals surface area contributed by atoms with E-state index in [1.807, 2.05) is 6.92 Å². The molecule has 3 aromatic heterocycles. The lowest BCUT2D eigenvalue weighted by molar-refractivity contribution is -0.0495. The number of halogens is 3. The molecule has 0 aromatic carbocycles. The number of imidazole rings is 1. The van der Waals surface area contributed by atoms with Crippen LogP contribution >= 0.6 is 11.6 Å². The summed E-state index contributed by atoms with van der Waals surface area (Å²) in [5.41, 5.74) is 1.30. The van der Waals surface area contributed by atoms with E-state index in [0.717, 1.165) is 0 Å². The van der Waals surface area contributed by atoms with Gasteiger partial charge in [-0.05, 0) is 31.7 Å². The number of aromatic nitrogens is 5. The number of carbonyl (C=O) groups excluding carboxylic acids is 2. The summed E-state index contributed by atoms with van der Waals surface area (Å²) in [6.07, 6.45) is 3.66. The predicted octanol–water partition coefficient (Wildman–Crippen LogP) is 3.71. The summed E-state index contributed by atoms with van der Waals surface area (Å²) in [5.74, 6) is -3.29. The fourth-order valence-corrected chi connectivity index (χ4v) is 4.16. The topological polar surface area (TPSA) is 94.2 Å². The second kappa shape index (κ2) is 8.33. The molecule has 3 heterocycles. The largest absolute Gasteiger partial charge is 0.342 e. The first kappa shape index (κ1) is 21.4. The average Bonchev–Trinajstić information content (AvgIpc) is 3.38. The second-order valence-corrected chi connectivity index (χ2v) is 8.05. The summed E-state index contributed by atoms with van der Waals surface area (Å²) >= 11 is 6.05. The molecule has 1 saturated carbocycles. The molecule has 0 saturated heterocycles. The summed E-state index contributed by atoms with van der Waals surface area (Å²) in [4.78, 5) is 28.6. The van der Waals surface area contributed by atoms with Gasteiger partial charge in [0.2, 0.25) is 5.92 Å². The van der Waals surface area contributed by atoms with Gasteiger partial charge in [-0.15, -0.1) is 0 Å². The first-order chi connectivity index (χ1) is 14.8. The van der Waals surface area contributed by atoms with Crippen LogP contribution in [-0.2, 0) is 6.54 Å². The number of hydrogen-bond donors (Lipinski definition) is 1. The lowest BCUT2D eigenvalue weighted by Gasteiger charge is -2.33. The molecule has 0 aliphatic heterocycles. The Morgan fingerprint density at radius 3 is 2.84 bits per heavy atom. The van der Waals surface area contributed by atoms with E-state index in [1.165, 1.54) is 16.8 Å². The molecular weight excluding hydrogens is 430 g/mol. The van der Waals surface area contributed by atoms with Gasteiger partial charge in [0.15, 0.2) is 11.9 Å². The molecule has 0 bridgehead atoms. The van der Waals surface area contributed by atoms with Crippen molar-refractivity contribution < 1.29 is 18.4 Å². The van der Waals surface area contributed by atoms with Gasteiger partial charge in [-0.3, -0.25) is 14.3 Å². The van der Waals surface area contributed by atoms with E-state index < -0.39 is 12.0 Å². The van der Waals surface area contributed by atoms with Crippen LogP contribution in [-0.4, -0.2) is 42.5 Å². The van der Waals surface area contributed by atoms with E-state index in [-0.39, 0.29) is 48.2 Å². The summed E-state index contributed by atoms with van der Waals surface area (Å²) in [6.45, 7) is 2.38. The third-order valence-electron chi connectivity index (χ3n) is 5.65. The molecule has 1 N–H and O–H groups in total. The molecule has 164 valence electrons. The minimum absolute atomic E-state index is 0.0582. The van der Waals surface area contributed by atoms with E-state index in [1.54, 1.807) is 16.9 Å². The maximum atomic E-state index is 13.7. The SMILES string of the molecule is CCn1nccc1C(=O)NC(c1cn2nc(C=O)c(Cl)cc2n1)C1CCC(F)(F)CC1. The van der Waals surface area contributed by atoms with Crippen molar-refractivity contribution in [1.29, 1.82) is 0 Å². The number of nitrogens with one attached hydrogen (secondary N) is 1. The van der Waals surface area contributed by atoms with Crippen molar-refractivity contribution in [2.24, 2.45) is 5.92 Å². The zero-order valence-electron chi connectivity index (χ0n) is 16.8. The number of alkyl halides is 2. The Bertz CT molecular complexity index is 1120. The van der Waals surface area contributed by atoms with Gasteiger partial charge in [0.1, 0.15) is 11.4 Å². The summed E-state index contributed by atoms with van der Waals surface area (Å²) < 4.78 is 30.5. The molecule has 1 aliphatic rings.